The summed E-state index contributed by atoms with van der Waals surface area (Å²) in [6, 6.07) is 0. The molecule has 0 saturated carbocycles. The fourth-order valence-corrected chi connectivity index (χ4v) is 4.14. The summed E-state index contributed by atoms with van der Waals surface area (Å²) < 4.78 is 5.37. The monoisotopic (exact) mass is 302 g/mol. The third-order valence-electron chi connectivity index (χ3n) is 4.10. The van der Waals surface area contributed by atoms with Crippen LogP contribution in [-0.2, 0) is 4.74 Å². The fourth-order valence-electron chi connectivity index (χ4n) is 2.87. The van der Waals surface area contributed by atoms with Crippen LogP contribution in [0.3, 0.4) is 0 Å². The topological polar surface area (TPSA) is 75.8 Å². The van der Waals surface area contributed by atoms with Crippen molar-refractivity contribution in [3.63, 3.8) is 0 Å². The van der Waals surface area contributed by atoms with Crippen LogP contribution in [-0.4, -0.2) is 57.4 Å². The second-order valence-corrected chi connectivity index (χ2v) is 8.10. The lowest BCUT2D eigenvalue weighted by Crippen LogP contribution is -2.64. The summed E-state index contributed by atoms with van der Waals surface area (Å²) in [5.41, 5.74) is 4.34. The van der Waals surface area contributed by atoms with Crippen molar-refractivity contribution in [3.8, 4) is 0 Å². The number of hydrogen-bond acceptors (Lipinski definition) is 5. The van der Waals surface area contributed by atoms with Crippen LogP contribution >= 0.6 is 11.8 Å². The van der Waals surface area contributed by atoms with Gasteiger partial charge in [0.25, 0.3) is 0 Å². The van der Waals surface area contributed by atoms with E-state index in [-0.39, 0.29) is 12.6 Å². The Kier molecular flexibility index (Phi) is 4.29. The van der Waals surface area contributed by atoms with Crippen LogP contribution in [0.1, 0.15) is 40.0 Å². The van der Waals surface area contributed by atoms with Crippen LogP contribution in [0.15, 0.2) is 0 Å². The molecule has 0 aromatic heterocycles. The Morgan fingerprint density at radius 1 is 1.40 bits per heavy atom. The highest BCUT2D eigenvalue weighted by Crippen LogP contribution is 2.39. The normalized spacial score (nSPS) is 35.1. The maximum atomic E-state index is 12.1. The number of ether oxygens (including phenoxy) is 1. The molecular formula is C14H26N2O3S. The summed E-state index contributed by atoms with van der Waals surface area (Å²) in [4.78, 5) is 13.7. The summed E-state index contributed by atoms with van der Waals surface area (Å²) >= 11 is 1.79. The van der Waals surface area contributed by atoms with Crippen molar-refractivity contribution >= 4 is 17.9 Å². The molecule has 2 unspecified atom stereocenters. The Balaban J connectivity index is 2.02. The first kappa shape index (κ1) is 15.9. The van der Waals surface area contributed by atoms with E-state index in [0.717, 1.165) is 24.3 Å². The number of rotatable bonds is 1. The number of amides is 1. The van der Waals surface area contributed by atoms with Crippen LogP contribution in [0.25, 0.3) is 0 Å². The molecular weight excluding hydrogens is 276 g/mol. The zero-order chi connectivity index (χ0) is 15.0. The van der Waals surface area contributed by atoms with Gasteiger partial charge in [-0.25, -0.2) is 4.79 Å². The average Bonchev–Trinajstić information content (AvgIpc) is 2.73. The largest absolute Gasteiger partial charge is 0.444 e. The predicted molar refractivity (Wildman–Crippen MR) is 80.9 cm³/mol. The standard InChI is InChI=1S/C14H26N2O3S/c1-12(2,3)19-11(17)16-7-6-14(18,9-16)13(15)5-4-8-20-10-13/h18H,4-10,15H2,1-3H3. The first-order valence-corrected chi connectivity index (χ1v) is 8.38. The quantitative estimate of drug-likeness (QED) is 0.769. The molecule has 20 heavy (non-hydrogen) atoms. The molecule has 2 aliphatic rings. The first-order valence-electron chi connectivity index (χ1n) is 7.22. The van der Waals surface area contributed by atoms with Gasteiger partial charge in [0.05, 0.1) is 12.1 Å². The third-order valence-corrected chi connectivity index (χ3v) is 5.39. The minimum absolute atomic E-state index is 0.277. The van der Waals surface area contributed by atoms with Gasteiger partial charge in [-0.1, -0.05) is 0 Å². The van der Waals surface area contributed by atoms with Crippen molar-refractivity contribution < 1.29 is 14.6 Å². The molecule has 5 nitrogen and oxygen atoms in total. The molecule has 0 radical (unpaired) electrons. The first-order chi connectivity index (χ1) is 9.15. The fraction of sp³-hybridized carbons (Fsp3) is 0.929. The van der Waals surface area contributed by atoms with E-state index < -0.39 is 16.7 Å². The Labute approximate surface area is 125 Å². The number of β-amino-alcohol motifs (C(OH)–C–C–N with tert-alkyl or cyclic N) is 1. The summed E-state index contributed by atoms with van der Waals surface area (Å²) in [6.45, 7) is 6.31. The summed E-state index contributed by atoms with van der Waals surface area (Å²) in [5.74, 6) is 1.86. The van der Waals surface area contributed by atoms with Crippen molar-refractivity contribution in [2.24, 2.45) is 5.73 Å². The van der Waals surface area contributed by atoms with Gasteiger partial charge in [-0.2, -0.15) is 11.8 Å². The zero-order valence-electron chi connectivity index (χ0n) is 12.6. The van der Waals surface area contributed by atoms with Crippen LogP contribution in [0.2, 0.25) is 0 Å². The number of nitrogens with zero attached hydrogens (tertiary/aromatic N) is 1. The molecule has 2 aliphatic heterocycles. The molecule has 0 bridgehead atoms. The lowest BCUT2D eigenvalue weighted by Gasteiger charge is -2.44. The van der Waals surface area contributed by atoms with Crippen LogP contribution < -0.4 is 5.73 Å². The Morgan fingerprint density at radius 2 is 2.10 bits per heavy atom. The SMILES string of the molecule is CC(C)(C)OC(=O)N1CCC(O)(C2(N)CCCSC2)C1. The molecule has 0 aromatic carbocycles. The van der Waals surface area contributed by atoms with E-state index in [1.165, 1.54) is 0 Å². The van der Waals surface area contributed by atoms with Gasteiger partial charge in [-0.15, -0.1) is 0 Å². The van der Waals surface area contributed by atoms with E-state index in [0.29, 0.717) is 13.0 Å². The number of thioether (sulfide) groups is 1. The van der Waals surface area contributed by atoms with E-state index in [9.17, 15) is 9.90 Å². The van der Waals surface area contributed by atoms with Crippen molar-refractivity contribution in [2.45, 2.75) is 56.8 Å². The summed E-state index contributed by atoms with van der Waals surface area (Å²) in [6.07, 6.45) is 2.01. The smallest absolute Gasteiger partial charge is 0.410 e. The number of carbonyl (C=O) groups excluding carboxylic acids is 1. The van der Waals surface area contributed by atoms with E-state index in [4.69, 9.17) is 10.5 Å². The Bertz CT molecular complexity index is 377. The van der Waals surface area contributed by atoms with Gasteiger partial charge < -0.3 is 20.5 Å². The molecule has 2 fully saturated rings. The molecule has 0 aliphatic carbocycles. The van der Waals surface area contributed by atoms with Gasteiger partial charge in [0, 0.05) is 12.3 Å². The Hall–Kier alpha value is -0.460. The highest BCUT2D eigenvalue weighted by atomic mass is 32.2. The molecule has 2 rings (SSSR count). The maximum Gasteiger partial charge on any atom is 0.410 e. The van der Waals surface area contributed by atoms with Crippen molar-refractivity contribution in [1.82, 2.24) is 4.90 Å². The molecule has 2 heterocycles. The molecule has 1 amide bonds. The lowest BCUT2D eigenvalue weighted by atomic mass is 9.77. The van der Waals surface area contributed by atoms with Crippen molar-refractivity contribution in [3.05, 3.63) is 0 Å². The highest BCUT2D eigenvalue weighted by molar-refractivity contribution is 7.99. The molecule has 2 saturated heterocycles. The molecule has 2 atom stereocenters. The second-order valence-electron chi connectivity index (χ2n) is 7.00. The third kappa shape index (κ3) is 3.23. The summed E-state index contributed by atoms with van der Waals surface area (Å²) in [7, 11) is 0. The number of likely N-dealkylation sites (tertiary alicyclic amines) is 1. The van der Waals surface area contributed by atoms with Crippen LogP contribution in [0.4, 0.5) is 4.79 Å². The molecule has 0 spiro atoms. The minimum atomic E-state index is -0.989. The second kappa shape index (κ2) is 5.39. The number of carbonyl (C=O) groups is 1. The molecule has 3 N–H and O–H groups in total. The van der Waals surface area contributed by atoms with Gasteiger partial charge in [0.15, 0.2) is 0 Å². The van der Waals surface area contributed by atoms with Crippen LogP contribution in [0, 0.1) is 0 Å². The van der Waals surface area contributed by atoms with Crippen LogP contribution in [0.5, 0.6) is 0 Å². The van der Waals surface area contributed by atoms with Gasteiger partial charge in [0.2, 0.25) is 0 Å². The van der Waals surface area contributed by atoms with E-state index >= 15 is 0 Å². The average molecular weight is 302 g/mol. The number of aliphatic hydroxyl groups is 1. The molecule has 6 heteroatoms. The van der Waals surface area contributed by atoms with Crippen molar-refractivity contribution in [2.75, 3.05) is 24.6 Å². The van der Waals surface area contributed by atoms with E-state index in [1.807, 2.05) is 20.8 Å². The zero-order valence-corrected chi connectivity index (χ0v) is 13.5. The highest BCUT2D eigenvalue weighted by Gasteiger charge is 2.53. The van der Waals surface area contributed by atoms with E-state index in [2.05, 4.69) is 0 Å². The van der Waals surface area contributed by atoms with Gasteiger partial charge in [-0.3, -0.25) is 0 Å². The van der Waals surface area contributed by atoms with Gasteiger partial charge in [0.1, 0.15) is 11.2 Å². The molecule has 0 aromatic rings. The lowest BCUT2D eigenvalue weighted by molar-refractivity contribution is -0.0264. The Morgan fingerprint density at radius 3 is 2.65 bits per heavy atom. The maximum absolute atomic E-state index is 12.1. The van der Waals surface area contributed by atoms with E-state index in [1.54, 1.807) is 16.7 Å². The van der Waals surface area contributed by atoms with Crippen molar-refractivity contribution in [1.29, 1.82) is 0 Å². The predicted octanol–water partition coefficient (Wildman–Crippen LogP) is 1.58. The number of hydrogen-bond donors (Lipinski definition) is 2. The minimum Gasteiger partial charge on any atom is -0.444 e. The van der Waals surface area contributed by atoms with Gasteiger partial charge >= 0.3 is 6.09 Å². The number of nitrogens with two attached hydrogens (primary N) is 1. The summed E-state index contributed by atoms with van der Waals surface area (Å²) in [5, 5.41) is 10.9. The molecule has 116 valence electrons. The van der Waals surface area contributed by atoms with Gasteiger partial charge in [-0.05, 0) is 45.8 Å².